The molecule has 0 radical (unpaired) electrons. The summed E-state index contributed by atoms with van der Waals surface area (Å²) in [5.41, 5.74) is 0. The van der Waals surface area contributed by atoms with E-state index < -0.39 is 12.0 Å². The summed E-state index contributed by atoms with van der Waals surface area (Å²) < 4.78 is 5.26. The molecule has 0 aromatic rings. The molecule has 7 heteroatoms. The number of ether oxygens (including phenoxy) is 1. The Kier molecular flexibility index (Phi) is 7.39. The third kappa shape index (κ3) is 7.09. The van der Waals surface area contributed by atoms with Crippen molar-refractivity contribution in [3.63, 3.8) is 0 Å². The number of carbonyl (C=O) groups excluding carboxylic acids is 1. The molecule has 0 aromatic heterocycles. The van der Waals surface area contributed by atoms with Gasteiger partial charge in [0.25, 0.3) is 0 Å². The van der Waals surface area contributed by atoms with Crippen molar-refractivity contribution in [1.29, 1.82) is 0 Å². The van der Waals surface area contributed by atoms with Crippen LogP contribution in [0.1, 0.15) is 13.3 Å². The molecular weight excluding hydrogens is 250 g/mol. The highest BCUT2D eigenvalue weighted by molar-refractivity contribution is 5.82. The summed E-state index contributed by atoms with van der Waals surface area (Å²) >= 11 is 0. The number of carboxylic acids is 1. The maximum atomic E-state index is 10.9. The first-order valence-corrected chi connectivity index (χ1v) is 6.60. The van der Waals surface area contributed by atoms with Gasteiger partial charge in [-0.15, -0.1) is 0 Å². The Morgan fingerprint density at radius 3 is 2.63 bits per heavy atom. The molecule has 1 saturated heterocycles. The zero-order valence-corrected chi connectivity index (χ0v) is 11.4. The monoisotopic (exact) mass is 273 g/mol. The molecule has 0 bridgehead atoms. The van der Waals surface area contributed by atoms with Gasteiger partial charge < -0.3 is 20.5 Å². The number of nitrogens with one attached hydrogen (secondary N) is 2. The van der Waals surface area contributed by atoms with E-state index in [1.165, 1.54) is 6.92 Å². The zero-order chi connectivity index (χ0) is 14.1. The fraction of sp³-hybridized carbons (Fsp3) is 0.833. The summed E-state index contributed by atoms with van der Waals surface area (Å²) in [6.07, 6.45) is 0.951. The first-order chi connectivity index (χ1) is 9.09. The Morgan fingerprint density at radius 1 is 1.37 bits per heavy atom. The number of hydrogen-bond acceptors (Lipinski definition) is 5. The predicted octanol–water partition coefficient (Wildman–Crippen LogP) is -1.11. The molecular formula is C12H23N3O4. The number of amides is 1. The van der Waals surface area contributed by atoms with Gasteiger partial charge >= 0.3 is 5.97 Å². The van der Waals surface area contributed by atoms with Crippen LogP contribution in [0, 0.1) is 0 Å². The summed E-state index contributed by atoms with van der Waals surface area (Å²) in [6.45, 7) is 6.78. The van der Waals surface area contributed by atoms with Crippen LogP contribution < -0.4 is 10.6 Å². The summed E-state index contributed by atoms with van der Waals surface area (Å²) in [5, 5.41) is 14.4. The van der Waals surface area contributed by atoms with Crippen molar-refractivity contribution in [1.82, 2.24) is 15.5 Å². The summed E-state index contributed by atoms with van der Waals surface area (Å²) in [6, 6.07) is -0.860. The number of nitrogens with zero attached hydrogens (tertiary/aromatic N) is 1. The average Bonchev–Trinajstić information content (AvgIpc) is 2.37. The smallest absolute Gasteiger partial charge is 0.327 e. The van der Waals surface area contributed by atoms with Gasteiger partial charge in [-0.1, -0.05) is 0 Å². The summed E-state index contributed by atoms with van der Waals surface area (Å²) in [7, 11) is 0. The van der Waals surface area contributed by atoms with Crippen LogP contribution >= 0.6 is 0 Å². The lowest BCUT2D eigenvalue weighted by molar-refractivity contribution is -0.141. The fourth-order valence-corrected chi connectivity index (χ4v) is 1.94. The number of carbonyl (C=O) groups is 2. The van der Waals surface area contributed by atoms with E-state index in [0.717, 1.165) is 45.8 Å². The number of rotatable bonds is 8. The van der Waals surface area contributed by atoms with E-state index in [9.17, 15) is 9.59 Å². The maximum absolute atomic E-state index is 10.9. The predicted molar refractivity (Wildman–Crippen MR) is 70.0 cm³/mol. The minimum Gasteiger partial charge on any atom is -0.480 e. The second-order valence-electron chi connectivity index (χ2n) is 4.60. The van der Waals surface area contributed by atoms with Crippen LogP contribution in [0.2, 0.25) is 0 Å². The number of hydrogen-bond donors (Lipinski definition) is 3. The highest BCUT2D eigenvalue weighted by atomic mass is 16.5. The van der Waals surface area contributed by atoms with Gasteiger partial charge in [-0.2, -0.15) is 0 Å². The van der Waals surface area contributed by atoms with E-state index >= 15 is 0 Å². The molecule has 1 unspecified atom stereocenters. The normalized spacial score (nSPS) is 17.9. The van der Waals surface area contributed by atoms with Gasteiger partial charge in [-0.3, -0.25) is 9.69 Å². The van der Waals surface area contributed by atoms with Gasteiger partial charge in [0.2, 0.25) is 5.91 Å². The molecule has 1 rings (SSSR count). The van der Waals surface area contributed by atoms with Gasteiger partial charge in [0.15, 0.2) is 0 Å². The van der Waals surface area contributed by atoms with Crippen LogP contribution in [0.5, 0.6) is 0 Å². The quantitative estimate of drug-likeness (QED) is 0.486. The molecule has 1 aliphatic heterocycles. The highest BCUT2D eigenvalue weighted by Gasteiger charge is 2.17. The topological polar surface area (TPSA) is 90.9 Å². The minimum atomic E-state index is -1.02. The van der Waals surface area contributed by atoms with Crippen molar-refractivity contribution in [2.75, 3.05) is 45.9 Å². The van der Waals surface area contributed by atoms with Gasteiger partial charge in [0.05, 0.1) is 13.2 Å². The van der Waals surface area contributed by atoms with Crippen LogP contribution in [-0.4, -0.2) is 73.9 Å². The van der Waals surface area contributed by atoms with Crippen molar-refractivity contribution in [2.45, 2.75) is 19.4 Å². The molecule has 3 N–H and O–H groups in total. The Hall–Kier alpha value is -1.18. The standard InChI is InChI=1S/C12H23N3O4/c1-10(16)14-11(12(17)18)9-13-3-2-4-15-5-7-19-8-6-15/h11,13H,2-9H2,1H3,(H,14,16)(H,17,18). The minimum absolute atomic E-state index is 0.248. The summed E-state index contributed by atoms with van der Waals surface area (Å²) in [4.78, 5) is 24.0. The molecule has 110 valence electrons. The van der Waals surface area contributed by atoms with Gasteiger partial charge in [0.1, 0.15) is 6.04 Å². The van der Waals surface area contributed by atoms with Crippen LogP contribution in [0.15, 0.2) is 0 Å². The summed E-state index contributed by atoms with van der Waals surface area (Å²) in [5.74, 6) is -1.35. The van der Waals surface area contributed by atoms with Gasteiger partial charge in [-0.25, -0.2) is 4.79 Å². The second-order valence-corrected chi connectivity index (χ2v) is 4.60. The SMILES string of the molecule is CC(=O)NC(CNCCCN1CCOCC1)C(=O)O. The first kappa shape index (κ1) is 15.9. The maximum Gasteiger partial charge on any atom is 0.327 e. The van der Waals surface area contributed by atoms with Crippen LogP contribution in [-0.2, 0) is 14.3 Å². The van der Waals surface area contributed by atoms with Crippen molar-refractivity contribution in [2.24, 2.45) is 0 Å². The van der Waals surface area contributed by atoms with Crippen molar-refractivity contribution in [3.8, 4) is 0 Å². The molecule has 0 aromatic carbocycles. The Bertz CT molecular complexity index is 293. The average molecular weight is 273 g/mol. The lowest BCUT2D eigenvalue weighted by atomic mass is 10.2. The van der Waals surface area contributed by atoms with Crippen molar-refractivity contribution < 1.29 is 19.4 Å². The molecule has 1 amide bonds. The molecule has 19 heavy (non-hydrogen) atoms. The van der Waals surface area contributed by atoms with Gasteiger partial charge in [-0.05, 0) is 19.5 Å². The molecule has 1 atom stereocenters. The first-order valence-electron chi connectivity index (χ1n) is 6.60. The Labute approximate surface area is 113 Å². The molecule has 0 spiro atoms. The molecule has 0 aliphatic carbocycles. The van der Waals surface area contributed by atoms with E-state index in [-0.39, 0.29) is 12.5 Å². The van der Waals surface area contributed by atoms with E-state index in [2.05, 4.69) is 15.5 Å². The number of morpholine rings is 1. The van der Waals surface area contributed by atoms with Crippen molar-refractivity contribution >= 4 is 11.9 Å². The molecule has 1 fully saturated rings. The molecule has 0 saturated carbocycles. The van der Waals surface area contributed by atoms with Gasteiger partial charge in [0, 0.05) is 26.6 Å². The molecule has 1 aliphatic rings. The zero-order valence-electron chi connectivity index (χ0n) is 11.4. The highest BCUT2D eigenvalue weighted by Crippen LogP contribution is 1.97. The molecule has 1 heterocycles. The Balaban J connectivity index is 2.07. The third-order valence-electron chi connectivity index (χ3n) is 2.96. The lowest BCUT2D eigenvalue weighted by Crippen LogP contribution is -2.47. The van der Waals surface area contributed by atoms with Crippen molar-refractivity contribution in [3.05, 3.63) is 0 Å². The van der Waals surface area contributed by atoms with Crippen LogP contribution in [0.4, 0.5) is 0 Å². The number of carboxylic acid groups (broad SMARTS) is 1. The second kappa shape index (κ2) is 8.84. The Morgan fingerprint density at radius 2 is 2.05 bits per heavy atom. The van der Waals surface area contributed by atoms with E-state index in [4.69, 9.17) is 9.84 Å². The van der Waals surface area contributed by atoms with Crippen LogP contribution in [0.25, 0.3) is 0 Å². The van der Waals surface area contributed by atoms with E-state index in [0.29, 0.717) is 0 Å². The molecule has 7 nitrogen and oxygen atoms in total. The largest absolute Gasteiger partial charge is 0.480 e. The van der Waals surface area contributed by atoms with E-state index in [1.807, 2.05) is 0 Å². The third-order valence-corrected chi connectivity index (χ3v) is 2.96. The van der Waals surface area contributed by atoms with E-state index in [1.54, 1.807) is 0 Å². The van der Waals surface area contributed by atoms with Crippen LogP contribution in [0.3, 0.4) is 0 Å². The lowest BCUT2D eigenvalue weighted by Gasteiger charge is -2.26. The number of aliphatic carboxylic acids is 1. The fourth-order valence-electron chi connectivity index (χ4n) is 1.94.